The number of nitrogens with two attached hydrogens (primary N) is 1. The standard InChI is InChI=1S/C25H28N8O3S.ClH.H2S/c1-15-11-16(4-5-27-15)24-29-19(14-36-24)23(34)28-18-12-20-21(30-22(18)33-6-2-3-17(26)13-33)31-25(37-20)32-7-9-35-10-8-32;;/h4-5,11-12,14,17H,2-3,6-10,13,26H2,1H3,(H,28,34);1H;1H2/t17-;;/m0../s1. The summed E-state index contributed by atoms with van der Waals surface area (Å²) in [6, 6.07) is 5.66. The van der Waals surface area contributed by atoms with Crippen molar-refractivity contribution in [1.82, 2.24) is 19.9 Å². The summed E-state index contributed by atoms with van der Waals surface area (Å²) in [6.45, 7) is 6.32. The molecule has 208 valence electrons. The van der Waals surface area contributed by atoms with E-state index in [0.29, 0.717) is 42.8 Å². The zero-order valence-corrected chi connectivity index (χ0v) is 24.1. The van der Waals surface area contributed by atoms with Gasteiger partial charge in [-0.2, -0.15) is 18.5 Å². The first kappa shape index (κ1) is 29.0. The van der Waals surface area contributed by atoms with Crippen LogP contribution in [0.4, 0.5) is 16.6 Å². The van der Waals surface area contributed by atoms with Gasteiger partial charge in [0, 0.05) is 49.7 Å². The number of thiazole rings is 1. The maximum Gasteiger partial charge on any atom is 0.277 e. The van der Waals surface area contributed by atoms with E-state index in [4.69, 9.17) is 24.9 Å². The molecular formula is C25H31ClN8O3S2. The van der Waals surface area contributed by atoms with Gasteiger partial charge in [-0.1, -0.05) is 11.3 Å². The number of hydrogen-bond acceptors (Lipinski definition) is 11. The molecule has 2 saturated heterocycles. The molecule has 14 heteroatoms. The number of carbonyl (C=O) groups is 1. The molecule has 11 nitrogen and oxygen atoms in total. The Morgan fingerprint density at radius 1 is 1.15 bits per heavy atom. The van der Waals surface area contributed by atoms with E-state index < -0.39 is 0 Å². The smallest absolute Gasteiger partial charge is 0.277 e. The fraction of sp³-hybridized carbons (Fsp3) is 0.400. The van der Waals surface area contributed by atoms with Crippen molar-refractivity contribution in [2.45, 2.75) is 25.8 Å². The number of pyridine rings is 2. The number of aromatic nitrogens is 4. The van der Waals surface area contributed by atoms with Crippen molar-refractivity contribution in [3.8, 4) is 11.5 Å². The van der Waals surface area contributed by atoms with Gasteiger partial charge in [-0.15, -0.1) is 12.4 Å². The van der Waals surface area contributed by atoms with E-state index in [9.17, 15) is 4.79 Å². The van der Waals surface area contributed by atoms with Crippen LogP contribution in [0, 0.1) is 6.92 Å². The molecule has 6 heterocycles. The largest absolute Gasteiger partial charge is 0.444 e. The minimum Gasteiger partial charge on any atom is -0.444 e. The van der Waals surface area contributed by atoms with Crippen LogP contribution in [-0.2, 0) is 4.74 Å². The lowest BCUT2D eigenvalue weighted by atomic mass is 10.1. The Morgan fingerprint density at radius 3 is 2.74 bits per heavy atom. The van der Waals surface area contributed by atoms with Crippen molar-refractivity contribution >= 4 is 70.1 Å². The highest BCUT2D eigenvalue weighted by molar-refractivity contribution is 7.59. The third-order valence-corrected chi connectivity index (χ3v) is 7.57. The molecule has 0 radical (unpaired) electrons. The maximum atomic E-state index is 13.3. The summed E-state index contributed by atoms with van der Waals surface area (Å²) in [5.74, 6) is 0.662. The number of rotatable bonds is 5. The molecule has 0 aromatic carbocycles. The van der Waals surface area contributed by atoms with Gasteiger partial charge in [-0.3, -0.25) is 9.78 Å². The average Bonchev–Trinajstić information content (AvgIpc) is 3.56. The van der Waals surface area contributed by atoms with Crippen molar-refractivity contribution in [2.24, 2.45) is 5.73 Å². The number of ether oxygens (including phenoxy) is 1. The summed E-state index contributed by atoms with van der Waals surface area (Å²) in [5.41, 5.74) is 9.32. The van der Waals surface area contributed by atoms with E-state index >= 15 is 0 Å². The molecule has 39 heavy (non-hydrogen) atoms. The Balaban J connectivity index is 0.00000176. The SMILES string of the molecule is Cc1cc(-c2nc(C(=O)Nc3cc4sc(N5CCOCC5)nc4nc3N3CCC[C@H](N)C3)co2)ccn1.Cl.S. The minimum absolute atomic E-state index is 0. The molecular weight excluding hydrogens is 560 g/mol. The molecule has 2 aliphatic heterocycles. The summed E-state index contributed by atoms with van der Waals surface area (Å²) in [7, 11) is 0. The van der Waals surface area contributed by atoms with Crippen LogP contribution in [0.2, 0.25) is 0 Å². The Kier molecular flexibility index (Phi) is 9.28. The monoisotopic (exact) mass is 590 g/mol. The molecule has 6 rings (SSSR count). The number of amides is 1. The molecule has 0 spiro atoms. The number of piperidine rings is 1. The second-order valence-corrected chi connectivity index (χ2v) is 10.3. The van der Waals surface area contributed by atoms with Gasteiger partial charge < -0.3 is 30.0 Å². The fourth-order valence-electron chi connectivity index (χ4n) is 4.64. The topological polar surface area (TPSA) is 136 Å². The van der Waals surface area contributed by atoms with E-state index in [1.54, 1.807) is 23.6 Å². The molecule has 1 amide bonds. The number of carbonyl (C=O) groups excluding carboxylic acids is 1. The van der Waals surface area contributed by atoms with Crippen LogP contribution in [-0.4, -0.2) is 71.3 Å². The van der Waals surface area contributed by atoms with Gasteiger partial charge >= 0.3 is 0 Å². The molecule has 1 atom stereocenters. The summed E-state index contributed by atoms with van der Waals surface area (Å²) in [5, 5.41) is 3.93. The van der Waals surface area contributed by atoms with Gasteiger partial charge in [0.1, 0.15) is 6.26 Å². The number of oxazole rings is 1. The van der Waals surface area contributed by atoms with E-state index in [2.05, 4.69) is 25.1 Å². The van der Waals surface area contributed by atoms with Crippen LogP contribution in [0.3, 0.4) is 0 Å². The second-order valence-electron chi connectivity index (χ2n) is 9.30. The molecule has 0 bridgehead atoms. The van der Waals surface area contributed by atoms with E-state index in [1.807, 2.05) is 19.1 Å². The molecule has 4 aromatic heterocycles. The first-order valence-electron chi connectivity index (χ1n) is 12.4. The molecule has 0 aliphatic carbocycles. The van der Waals surface area contributed by atoms with Crippen molar-refractivity contribution in [2.75, 3.05) is 54.5 Å². The number of nitrogens with one attached hydrogen (secondary N) is 1. The molecule has 3 N–H and O–H groups in total. The maximum absolute atomic E-state index is 13.3. The third kappa shape index (κ3) is 6.28. The second kappa shape index (κ2) is 12.5. The number of hydrogen-bond donors (Lipinski definition) is 2. The molecule has 0 saturated carbocycles. The number of fused-ring (bicyclic) bond motifs is 1. The van der Waals surface area contributed by atoms with Crippen molar-refractivity contribution < 1.29 is 13.9 Å². The molecule has 4 aromatic rings. The van der Waals surface area contributed by atoms with E-state index in [-0.39, 0.29) is 43.5 Å². The summed E-state index contributed by atoms with van der Waals surface area (Å²) >= 11 is 1.56. The van der Waals surface area contributed by atoms with Gasteiger partial charge in [0.25, 0.3) is 5.91 Å². The average molecular weight is 591 g/mol. The predicted octanol–water partition coefficient (Wildman–Crippen LogP) is 3.60. The third-order valence-electron chi connectivity index (χ3n) is 6.52. The van der Waals surface area contributed by atoms with Gasteiger partial charge in [0.05, 0.1) is 23.6 Å². The van der Waals surface area contributed by atoms with Crippen molar-refractivity contribution in [1.29, 1.82) is 0 Å². The molecule has 0 unspecified atom stereocenters. The quantitative estimate of drug-likeness (QED) is 0.355. The first-order valence-corrected chi connectivity index (χ1v) is 13.2. The van der Waals surface area contributed by atoms with Crippen molar-refractivity contribution in [3.63, 3.8) is 0 Å². The predicted molar refractivity (Wildman–Crippen MR) is 160 cm³/mol. The lowest BCUT2D eigenvalue weighted by molar-refractivity contribution is 0.102. The number of halogens is 1. The molecule has 2 aliphatic rings. The Morgan fingerprint density at radius 2 is 1.97 bits per heavy atom. The van der Waals surface area contributed by atoms with E-state index in [0.717, 1.165) is 53.6 Å². The normalized spacial score (nSPS) is 17.4. The Bertz CT molecular complexity index is 1440. The zero-order valence-electron chi connectivity index (χ0n) is 21.4. The number of morpholine rings is 1. The highest BCUT2D eigenvalue weighted by atomic mass is 35.5. The van der Waals surface area contributed by atoms with Gasteiger partial charge in [0.15, 0.2) is 22.3 Å². The number of anilines is 3. The van der Waals surface area contributed by atoms with Crippen LogP contribution in [0.1, 0.15) is 29.0 Å². The highest BCUT2D eigenvalue weighted by Crippen LogP contribution is 2.35. The van der Waals surface area contributed by atoms with Gasteiger partial charge in [0.2, 0.25) is 5.89 Å². The van der Waals surface area contributed by atoms with Crippen LogP contribution in [0.25, 0.3) is 21.8 Å². The number of nitrogens with zero attached hydrogens (tertiary/aromatic N) is 6. The van der Waals surface area contributed by atoms with Gasteiger partial charge in [-0.25, -0.2) is 9.97 Å². The minimum atomic E-state index is -0.373. The first-order chi connectivity index (χ1) is 18.0. The summed E-state index contributed by atoms with van der Waals surface area (Å²) < 4.78 is 12.0. The molecule has 2 fully saturated rings. The van der Waals surface area contributed by atoms with Crippen LogP contribution < -0.4 is 20.9 Å². The Hall–Kier alpha value is -2.97. The fourth-order valence-corrected chi connectivity index (χ4v) is 5.64. The van der Waals surface area contributed by atoms with Crippen LogP contribution in [0.15, 0.2) is 35.1 Å². The van der Waals surface area contributed by atoms with Crippen LogP contribution in [0.5, 0.6) is 0 Å². The zero-order chi connectivity index (χ0) is 25.4. The van der Waals surface area contributed by atoms with E-state index in [1.165, 1.54) is 6.26 Å². The van der Waals surface area contributed by atoms with Gasteiger partial charge in [-0.05, 0) is 38.0 Å². The Labute approximate surface area is 243 Å². The van der Waals surface area contributed by atoms with Crippen LogP contribution >= 0.6 is 37.2 Å². The lowest BCUT2D eigenvalue weighted by Crippen LogP contribution is -2.43. The highest BCUT2D eigenvalue weighted by Gasteiger charge is 2.25. The summed E-state index contributed by atoms with van der Waals surface area (Å²) in [6.07, 6.45) is 4.98. The lowest BCUT2D eigenvalue weighted by Gasteiger charge is -2.32. The summed E-state index contributed by atoms with van der Waals surface area (Å²) in [4.78, 5) is 35.9. The van der Waals surface area contributed by atoms with Crippen molar-refractivity contribution in [3.05, 3.63) is 42.0 Å². The number of aryl methyl sites for hydroxylation is 1.